The average molecular weight is 319 g/mol. The minimum atomic E-state index is -4.77. The van der Waals surface area contributed by atoms with E-state index in [4.69, 9.17) is 16.0 Å². The third kappa shape index (κ3) is 2.25. The Hall–Kier alpha value is -1.67. The van der Waals surface area contributed by atoms with E-state index in [2.05, 4.69) is 4.98 Å². The fourth-order valence-corrected chi connectivity index (χ4v) is 2.89. The minimum Gasteiger partial charge on any atom is -0.423 e. The van der Waals surface area contributed by atoms with Gasteiger partial charge in [0.2, 0.25) is 5.91 Å². The number of hydrogen-bond acceptors (Lipinski definition) is 5. The van der Waals surface area contributed by atoms with Gasteiger partial charge < -0.3 is 4.42 Å². The second-order valence-electron chi connectivity index (χ2n) is 4.41. The molecule has 6 nitrogen and oxygen atoms in total. The van der Waals surface area contributed by atoms with Gasteiger partial charge in [-0.3, -0.25) is 9.69 Å². The summed E-state index contributed by atoms with van der Waals surface area (Å²) < 4.78 is 40.0. The van der Waals surface area contributed by atoms with Gasteiger partial charge in [-0.05, 0) is 18.2 Å². The van der Waals surface area contributed by atoms with E-state index in [1.807, 2.05) is 0 Å². The Morgan fingerprint density at radius 3 is 2.85 bits per heavy atom. The Balaban J connectivity index is 1.97. The molecule has 9 heteroatoms. The molecule has 20 heavy (non-hydrogen) atoms. The number of amides is 1. The Bertz CT molecular complexity index is 804. The number of aromatic nitrogens is 1. The van der Waals surface area contributed by atoms with Crippen LogP contribution in [0.4, 0.5) is 9.90 Å². The summed E-state index contributed by atoms with van der Waals surface area (Å²) in [7, 11) is -4.77. The number of hydrogen-bond donors (Lipinski definition) is 0. The monoisotopic (exact) mass is 318 g/mol. The molecule has 3 rings (SSSR count). The molecular weight excluding hydrogens is 311 g/mol. The van der Waals surface area contributed by atoms with Crippen LogP contribution in [0.5, 0.6) is 0 Å². The van der Waals surface area contributed by atoms with Crippen molar-refractivity contribution >= 4 is 44.8 Å². The van der Waals surface area contributed by atoms with E-state index >= 15 is 0 Å². The van der Waals surface area contributed by atoms with Gasteiger partial charge in [-0.2, -0.15) is 13.4 Å². The Labute approximate surface area is 118 Å². The van der Waals surface area contributed by atoms with Gasteiger partial charge in [-0.1, -0.05) is 11.6 Å². The van der Waals surface area contributed by atoms with Crippen molar-refractivity contribution in [1.29, 1.82) is 0 Å². The normalized spacial score (nSPS) is 20.0. The number of fused-ring (bicyclic) bond motifs is 1. The molecule has 1 aliphatic heterocycles. The van der Waals surface area contributed by atoms with Crippen LogP contribution >= 0.6 is 11.6 Å². The van der Waals surface area contributed by atoms with Crippen molar-refractivity contribution in [2.45, 2.75) is 11.7 Å². The average Bonchev–Trinajstić information content (AvgIpc) is 2.90. The van der Waals surface area contributed by atoms with Gasteiger partial charge in [0.1, 0.15) is 10.8 Å². The minimum absolute atomic E-state index is 0.0570. The summed E-state index contributed by atoms with van der Waals surface area (Å²) in [5, 5.41) is -0.928. The van der Waals surface area contributed by atoms with Gasteiger partial charge in [0.15, 0.2) is 5.58 Å². The molecule has 1 fully saturated rings. The number of benzene rings is 1. The molecule has 106 valence electrons. The van der Waals surface area contributed by atoms with Crippen molar-refractivity contribution < 1.29 is 21.5 Å². The molecule has 2 heterocycles. The molecule has 1 aromatic heterocycles. The quantitative estimate of drug-likeness (QED) is 0.790. The molecule has 0 N–H and O–H groups in total. The van der Waals surface area contributed by atoms with E-state index in [1.165, 1.54) is 0 Å². The first kappa shape index (κ1) is 13.3. The predicted molar refractivity (Wildman–Crippen MR) is 69.8 cm³/mol. The molecule has 2 aromatic rings. The fraction of sp³-hybridized carbons (Fsp3) is 0.273. The van der Waals surface area contributed by atoms with Crippen LogP contribution in [0.25, 0.3) is 11.1 Å². The standard InChI is InChI=1S/C11H8ClFN2O4S/c12-6-1-2-9-8(3-6)14-11(19-9)15-5-7(4-10(15)16)20(13,17)18/h1-3,7H,4-5H2. The van der Waals surface area contributed by atoms with Crippen LogP contribution in [0.2, 0.25) is 5.02 Å². The molecule has 1 aliphatic rings. The third-order valence-electron chi connectivity index (χ3n) is 3.06. The highest BCUT2D eigenvalue weighted by molar-refractivity contribution is 7.87. The van der Waals surface area contributed by atoms with Crippen molar-refractivity contribution in [2.75, 3.05) is 11.4 Å². The van der Waals surface area contributed by atoms with E-state index in [-0.39, 0.29) is 12.6 Å². The Morgan fingerprint density at radius 1 is 1.45 bits per heavy atom. The molecule has 1 aromatic carbocycles. The van der Waals surface area contributed by atoms with Gasteiger partial charge in [0.25, 0.3) is 0 Å². The van der Waals surface area contributed by atoms with E-state index in [0.29, 0.717) is 16.1 Å². The Morgan fingerprint density at radius 2 is 2.20 bits per heavy atom. The lowest BCUT2D eigenvalue weighted by Crippen LogP contribution is -2.27. The lowest BCUT2D eigenvalue weighted by Gasteiger charge is -2.09. The maximum atomic E-state index is 12.9. The molecule has 0 radical (unpaired) electrons. The molecule has 0 saturated carbocycles. The third-order valence-corrected chi connectivity index (χ3v) is 4.40. The number of rotatable bonds is 2. The van der Waals surface area contributed by atoms with Gasteiger partial charge in [-0.25, -0.2) is 0 Å². The highest BCUT2D eigenvalue weighted by Crippen LogP contribution is 2.29. The van der Waals surface area contributed by atoms with Crippen LogP contribution in [0.1, 0.15) is 6.42 Å². The summed E-state index contributed by atoms with van der Waals surface area (Å²) in [5.74, 6) is -0.547. The van der Waals surface area contributed by atoms with Crippen molar-refractivity contribution in [1.82, 2.24) is 4.98 Å². The van der Waals surface area contributed by atoms with Gasteiger partial charge in [0, 0.05) is 11.4 Å². The molecule has 1 unspecified atom stereocenters. The summed E-state index contributed by atoms with van der Waals surface area (Å²) in [5.41, 5.74) is 0.843. The van der Waals surface area contributed by atoms with Gasteiger partial charge in [-0.15, -0.1) is 3.89 Å². The molecule has 0 aliphatic carbocycles. The van der Waals surface area contributed by atoms with Gasteiger partial charge >= 0.3 is 16.2 Å². The van der Waals surface area contributed by atoms with Crippen LogP contribution in [0.3, 0.4) is 0 Å². The first-order valence-electron chi connectivity index (χ1n) is 5.64. The largest absolute Gasteiger partial charge is 0.423 e. The highest BCUT2D eigenvalue weighted by atomic mass is 35.5. The molecular formula is C11H8ClFN2O4S. The van der Waals surface area contributed by atoms with Crippen molar-refractivity contribution in [2.24, 2.45) is 0 Å². The fourth-order valence-electron chi connectivity index (χ4n) is 2.05. The van der Waals surface area contributed by atoms with Crippen LogP contribution in [0.15, 0.2) is 22.6 Å². The maximum absolute atomic E-state index is 12.9. The summed E-state index contributed by atoms with van der Waals surface area (Å²) in [6, 6.07) is 4.67. The number of halogens is 2. The zero-order valence-electron chi connectivity index (χ0n) is 9.92. The summed E-state index contributed by atoms with van der Waals surface area (Å²) in [6.45, 7) is -0.307. The number of nitrogens with zero attached hydrogens (tertiary/aromatic N) is 2. The smallest absolute Gasteiger partial charge is 0.307 e. The molecule has 0 bridgehead atoms. The SMILES string of the molecule is O=C1CC(S(=O)(=O)F)CN1c1nc2cc(Cl)ccc2o1. The van der Waals surface area contributed by atoms with Crippen LogP contribution in [0, 0.1) is 0 Å². The van der Waals surface area contributed by atoms with E-state index < -0.39 is 27.8 Å². The molecule has 0 spiro atoms. The predicted octanol–water partition coefficient (Wildman–Crippen LogP) is 1.89. The van der Waals surface area contributed by atoms with Gasteiger partial charge in [0.05, 0.1) is 6.54 Å². The lowest BCUT2D eigenvalue weighted by atomic mass is 10.3. The zero-order valence-corrected chi connectivity index (χ0v) is 11.5. The van der Waals surface area contributed by atoms with E-state index in [0.717, 1.165) is 4.90 Å². The first-order valence-corrected chi connectivity index (χ1v) is 7.47. The maximum Gasteiger partial charge on any atom is 0.307 e. The second-order valence-corrected chi connectivity index (χ2v) is 6.47. The van der Waals surface area contributed by atoms with Crippen LogP contribution in [-0.4, -0.2) is 31.1 Å². The lowest BCUT2D eigenvalue weighted by molar-refractivity contribution is -0.117. The number of anilines is 1. The van der Waals surface area contributed by atoms with E-state index in [1.54, 1.807) is 18.2 Å². The molecule has 1 atom stereocenters. The number of carbonyl (C=O) groups excluding carboxylic acids is 1. The summed E-state index contributed by atoms with van der Waals surface area (Å²) in [6.07, 6.45) is -0.418. The molecule has 1 amide bonds. The zero-order chi connectivity index (χ0) is 14.5. The van der Waals surface area contributed by atoms with Crippen molar-refractivity contribution in [3.63, 3.8) is 0 Å². The summed E-state index contributed by atoms with van der Waals surface area (Å²) >= 11 is 5.81. The topological polar surface area (TPSA) is 80.5 Å². The second kappa shape index (κ2) is 4.42. The number of oxazole rings is 1. The van der Waals surface area contributed by atoms with Crippen LogP contribution in [-0.2, 0) is 15.0 Å². The van der Waals surface area contributed by atoms with Crippen molar-refractivity contribution in [3.05, 3.63) is 23.2 Å². The van der Waals surface area contributed by atoms with E-state index in [9.17, 15) is 17.1 Å². The molecule has 1 saturated heterocycles. The highest BCUT2D eigenvalue weighted by Gasteiger charge is 2.40. The summed E-state index contributed by atoms with van der Waals surface area (Å²) in [4.78, 5) is 16.8. The Kier molecular flexibility index (Phi) is 2.94. The number of carbonyl (C=O) groups is 1. The van der Waals surface area contributed by atoms with Crippen LogP contribution < -0.4 is 4.90 Å². The van der Waals surface area contributed by atoms with Crippen molar-refractivity contribution in [3.8, 4) is 0 Å². The first-order chi connectivity index (χ1) is 9.34.